The van der Waals surface area contributed by atoms with Crippen LogP contribution in [-0.4, -0.2) is 45.5 Å². The van der Waals surface area contributed by atoms with E-state index in [1.807, 2.05) is 0 Å². The number of sulfone groups is 1. The second-order valence-corrected chi connectivity index (χ2v) is 10.5. The molecule has 0 aromatic heterocycles. The molecular weight excluding hydrogens is 473 g/mol. The Morgan fingerprint density at radius 2 is 1.66 bits per heavy atom. The Kier molecular flexibility index (Phi) is 6.85. The zero-order valence-corrected chi connectivity index (χ0v) is 19.2. The molecule has 3 aromatic rings. The number of hydrogen-bond acceptors (Lipinski definition) is 5. The molecule has 0 aliphatic carbocycles. The minimum atomic E-state index is -4.13. The van der Waals surface area contributed by atoms with Crippen molar-refractivity contribution >= 4 is 39.1 Å². The molecule has 3 aromatic carbocycles. The average molecular weight is 492 g/mol. The van der Waals surface area contributed by atoms with Crippen molar-refractivity contribution in [2.45, 2.75) is 19.6 Å². The zero-order chi connectivity index (χ0) is 22.7. The van der Waals surface area contributed by atoms with Crippen LogP contribution >= 0.6 is 23.4 Å². The van der Waals surface area contributed by atoms with E-state index >= 15 is 0 Å². The summed E-state index contributed by atoms with van der Waals surface area (Å²) in [4.78, 5) is 15.0. The fraction of sp³-hybridized carbons (Fsp3) is 0.174. The summed E-state index contributed by atoms with van der Waals surface area (Å²) < 4.78 is 45.8. The van der Waals surface area contributed by atoms with E-state index in [-0.39, 0.29) is 15.8 Å². The van der Waals surface area contributed by atoms with Crippen LogP contribution in [-0.2, 0) is 14.6 Å². The van der Waals surface area contributed by atoms with E-state index in [1.165, 1.54) is 36.0 Å². The molecule has 1 heterocycles. The molecule has 166 valence electrons. The second-order valence-electron chi connectivity index (χ2n) is 7.06. The maximum Gasteiger partial charge on any atom is 0.254 e. The third-order valence-corrected chi connectivity index (χ3v) is 8.22. The lowest BCUT2D eigenvalue weighted by Gasteiger charge is -2.26. The number of carbonyl (C=O) groups excluding carboxylic acids is 1. The Morgan fingerprint density at radius 1 is 0.969 bits per heavy atom. The van der Waals surface area contributed by atoms with Crippen LogP contribution in [0.3, 0.4) is 0 Å². The molecule has 0 radical (unpaired) electrons. The van der Waals surface area contributed by atoms with Gasteiger partial charge in [-0.05, 0) is 54.6 Å². The number of amides is 1. The van der Waals surface area contributed by atoms with Crippen LogP contribution in [0.4, 0.5) is 4.39 Å². The van der Waals surface area contributed by atoms with Gasteiger partial charge >= 0.3 is 0 Å². The van der Waals surface area contributed by atoms with Crippen LogP contribution in [0.1, 0.15) is 10.4 Å². The normalized spacial score (nSPS) is 14.4. The average Bonchev–Trinajstić information content (AvgIpc) is 2.81. The van der Waals surface area contributed by atoms with Crippen molar-refractivity contribution in [3.8, 4) is 0 Å². The van der Waals surface area contributed by atoms with Crippen LogP contribution in [0.25, 0.3) is 0 Å². The lowest BCUT2D eigenvalue weighted by Crippen LogP contribution is -2.40. The van der Waals surface area contributed by atoms with E-state index in [9.17, 15) is 17.6 Å². The van der Waals surface area contributed by atoms with Gasteiger partial charge in [-0.25, -0.2) is 12.8 Å². The maximum atomic E-state index is 14.2. The number of morpholine rings is 1. The Labute approximate surface area is 195 Å². The van der Waals surface area contributed by atoms with E-state index in [4.69, 9.17) is 16.3 Å². The van der Waals surface area contributed by atoms with E-state index in [2.05, 4.69) is 0 Å². The molecule has 32 heavy (non-hydrogen) atoms. The highest BCUT2D eigenvalue weighted by atomic mass is 35.5. The van der Waals surface area contributed by atoms with Gasteiger partial charge in [0.05, 0.1) is 18.1 Å². The van der Waals surface area contributed by atoms with E-state index in [1.54, 1.807) is 41.3 Å². The predicted octanol–water partition coefficient (Wildman–Crippen LogP) is 4.94. The van der Waals surface area contributed by atoms with Crippen molar-refractivity contribution in [2.75, 3.05) is 26.3 Å². The predicted molar refractivity (Wildman–Crippen MR) is 121 cm³/mol. The largest absolute Gasteiger partial charge is 0.378 e. The van der Waals surface area contributed by atoms with Gasteiger partial charge in [0.25, 0.3) is 5.91 Å². The third-order valence-electron chi connectivity index (χ3n) is 4.95. The molecule has 0 unspecified atom stereocenters. The summed E-state index contributed by atoms with van der Waals surface area (Å²) in [5.41, 5.74) is 0.548. The number of carbonyl (C=O) groups is 1. The van der Waals surface area contributed by atoms with Crippen molar-refractivity contribution in [3.63, 3.8) is 0 Å². The second kappa shape index (κ2) is 9.62. The number of nitrogens with zero attached hydrogens (tertiary/aromatic N) is 1. The summed E-state index contributed by atoms with van der Waals surface area (Å²) in [5, 5.41) is 0.232. The molecule has 0 saturated carbocycles. The molecule has 0 N–H and O–H groups in total. The molecule has 1 aliphatic rings. The van der Waals surface area contributed by atoms with Crippen molar-refractivity contribution in [1.82, 2.24) is 4.90 Å². The summed E-state index contributed by atoms with van der Waals surface area (Å²) in [6, 6.07) is 16.7. The molecule has 0 spiro atoms. The fourth-order valence-corrected chi connectivity index (χ4v) is 6.25. The fourth-order valence-electron chi connectivity index (χ4n) is 3.30. The van der Waals surface area contributed by atoms with Crippen molar-refractivity contribution in [1.29, 1.82) is 0 Å². The quantitative estimate of drug-likeness (QED) is 0.506. The lowest BCUT2D eigenvalue weighted by molar-refractivity contribution is 0.0303. The molecule has 0 atom stereocenters. The molecule has 5 nitrogen and oxygen atoms in total. The van der Waals surface area contributed by atoms with Gasteiger partial charge in [0.1, 0.15) is 10.7 Å². The van der Waals surface area contributed by atoms with Gasteiger partial charge < -0.3 is 9.64 Å². The minimum Gasteiger partial charge on any atom is -0.378 e. The van der Waals surface area contributed by atoms with Gasteiger partial charge in [-0.15, -0.1) is 0 Å². The van der Waals surface area contributed by atoms with Gasteiger partial charge in [-0.3, -0.25) is 4.79 Å². The van der Waals surface area contributed by atoms with Crippen molar-refractivity contribution < 1.29 is 22.3 Å². The SMILES string of the molecule is O=C(c1ccc(Sc2ccc(Cl)cc2S(=O)(=O)c2ccccc2F)cc1)N1CCOCC1. The number of hydrogen-bond donors (Lipinski definition) is 0. The van der Waals surface area contributed by atoms with E-state index in [0.29, 0.717) is 36.8 Å². The Balaban J connectivity index is 1.62. The molecule has 4 rings (SSSR count). The number of halogens is 2. The van der Waals surface area contributed by atoms with Crippen LogP contribution < -0.4 is 0 Å². The highest BCUT2D eigenvalue weighted by Gasteiger charge is 2.25. The number of benzene rings is 3. The summed E-state index contributed by atoms with van der Waals surface area (Å²) in [7, 11) is -4.13. The summed E-state index contributed by atoms with van der Waals surface area (Å²) >= 11 is 7.27. The molecule has 1 fully saturated rings. The van der Waals surface area contributed by atoms with Crippen LogP contribution in [0.2, 0.25) is 5.02 Å². The first-order valence-electron chi connectivity index (χ1n) is 9.80. The summed E-state index contributed by atoms with van der Waals surface area (Å²) in [6.45, 7) is 2.15. The molecule has 1 saturated heterocycles. The highest BCUT2D eigenvalue weighted by molar-refractivity contribution is 8.00. The smallest absolute Gasteiger partial charge is 0.254 e. The minimum absolute atomic E-state index is 0.0702. The topological polar surface area (TPSA) is 63.7 Å². The van der Waals surface area contributed by atoms with Crippen LogP contribution in [0.5, 0.6) is 0 Å². The molecule has 1 amide bonds. The van der Waals surface area contributed by atoms with E-state index in [0.717, 1.165) is 11.0 Å². The molecular formula is C23H19ClFNO4S2. The first-order valence-corrected chi connectivity index (χ1v) is 12.5. The monoisotopic (exact) mass is 491 g/mol. The number of ether oxygens (including phenoxy) is 1. The first-order chi connectivity index (χ1) is 15.4. The van der Waals surface area contributed by atoms with Gasteiger partial charge in [-0.1, -0.05) is 35.5 Å². The summed E-state index contributed by atoms with van der Waals surface area (Å²) in [5.74, 6) is -0.895. The highest BCUT2D eigenvalue weighted by Crippen LogP contribution is 2.37. The maximum absolute atomic E-state index is 14.2. The zero-order valence-electron chi connectivity index (χ0n) is 16.8. The van der Waals surface area contributed by atoms with Crippen LogP contribution in [0.15, 0.2) is 86.3 Å². The van der Waals surface area contributed by atoms with Crippen molar-refractivity contribution in [2.24, 2.45) is 0 Å². The Bertz CT molecular complexity index is 1240. The summed E-state index contributed by atoms with van der Waals surface area (Å²) in [6.07, 6.45) is 0. The van der Waals surface area contributed by atoms with E-state index < -0.39 is 20.5 Å². The van der Waals surface area contributed by atoms with Gasteiger partial charge in [0.2, 0.25) is 9.84 Å². The Morgan fingerprint density at radius 3 is 2.34 bits per heavy atom. The molecule has 0 bridgehead atoms. The van der Waals surface area contributed by atoms with Gasteiger partial charge in [0, 0.05) is 33.5 Å². The Hall–Kier alpha value is -2.39. The lowest BCUT2D eigenvalue weighted by atomic mass is 10.2. The van der Waals surface area contributed by atoms with Crippen LogP contribution in [0, 0.1) is 5.82 Å². The third kappa shape index (κ3) is 4.83. The molecule has 9 heteroatoms. The van der Waals surface area contributed by atoms with Gasteiger partial charge in [0.15, 0.2) is 0 Å². The standard InChI is InChI=1S/C23H19ClFNO4S2/c24-17-7-10-20(22(15-17)32(28,29)21-4-2-1-3-19(21)25)31-18-8-5-16(6-9-18)23(27)26-11-13-30-14-12-26/h1-10,15H,11-14H2. The van der Waals surface area contributed by atoms with Crippen molar-refractivity contribution in [3.05, 3.63) is 83.1 Å². The van der Waals surface area contributed by atoms with Gasteiger partial charge in [-0.2, -0.15) is 0 Å². The molecule has 1 aliphatic heterocycles. The first kappa shape index (κ1) is 22.8. The number of rotatable bonds is 5.